The summed E-state index contributed by atoms with van der Waals surface area (Å²) in [6.45, 7) is 0. The van der Waals surface area contributed by atoms with Gasteiger partial charge in [-0.3, -0.25) is 0 Å². The van der Waals surface area contributed by atoms with Gasteiger partial charge in [-0.2, -0.15) is 0 Å². The Morgan fingerprint density at radius 2 is 1.06 bits per heavy atom. The largest absolute Gasteiger partial charge is 2.00 e. The smallest absolute Gasteiger partial charge is 0.0995 e. The van der Waals surface area contributed by atoms with Gasteiger partial charge in [-0.05, 0) is 18.5 Å². The van der Waals surface area contributed by atoms with Crippen LogP contribution in [0.1, 0.15) is 0 Å². The summed E-state index contributed by atoms with van der Waals surface area (Å²) in [5.41, 5.74) is 0. The molecule has 0 atom stereocenters. The fraction of sp³-hybridized carbons (Fsp3) is 0.0769. The van der Waals surface area contributed by atoms with Crippen LogP contribution in [0.4, 0.5) is 0 Å². The van der Waals surface area contributed by atoms with Gasteiger partial charge in [0.1, 0.15) is 4.58 Å². The summed E-state index contributed by atoms with van der Waals surface area (Å²) in [4.78, 5) is 0. The Kier molecular flexibility index (Phi) is 6.83. The number of halogens is 2. The number of hydrogen-bond donors (Lipinski definition) is 0. The van der Waals surface area contributed by atoms with Gasteiger partial charge in [-0.1, -0.05) is 83.9 Å². The van der Waals surface area contributed by atoms with E-state index in [2.05, 4.69) is 24.3 Å². The molecule has 0 bridgehead atoms. The number of benzene rings is 2. The molecule has 0 aliphatic heterocycles. The van der Waals surface area contributed by atoms with Crippen molar-refractivity contribution in [1.29, 1.82) is 0 Å². The minimum absolute atomic E-state index is 0. The van der Waals surface area contributed by atoms with Crippen LogP contribution in [0.15, 0.2) is 60.7 Å². The Bertz CT molecular complexity index is 394. The normalized spacial score (nSPS) is 10.4. The number of rotatable bonds is 3. The van der Waals surface area contributed by atoms with E-state index in [4.69, 9.17) is 23.2 Å². The summed E-state index contributed by atoms with van der Waals surface area (Å²) < 4.78 is -0.375. The molecule has 0 spiro atoms. The summed E-state index contributed by atoms with van der Waals surface area (Å²) >= 11 is 12.2. The Balaban J connectivity index is 0.00000144. The SMILES string of the molecule is ClC(Cl)P(c1ccccc1)c1ccccc1.[Mg+2]. The molecule has 0 unspecified atom stereocenters. The zero-order valence-electron chi connectivity index (χ0n) is 9.26. The van der Waals surface area contributed by atoms with E-state index in [-0.39, 0.29) is 27.6 Å². The van der Waals surface area contributed by atoms with Crippen LogP contribution >= 0.6 is 31.1 Å². The summed E-state index contributed by atoms with van der Waals surface area (Å²) in [5, 5.41) is 2.41. The standard InChI is InChI=1S/C13H11Cl2P.Mg/c14-13(15)16(11-7-3-1-4-8-11)12-9-5-2-6-10-12;/h1-10,13H;/q;+2. The van der Waals surface area contributed by atoms with Gasteiger partial charge in [-0.25, -0.2) is 0 Å². The molecule has 0 amide bonds. The molecule has 2 rings (SSSR count). The summed E-state index contributed by atoms with van der Waals surface area (Å²) in [7, 11) is -0.679. The molecular weight excluding hydrogens is 282 g/mol. The maximum absolute atomic E-state index is 6.11. The molecule has 2 aromatic rings. The van der Waals surface area contributed by atoms with E-state index in [0.717, 1.165) is 0 Å². The van der Waals surface area contributed by atoms with Crippen LogP contribution in [0, 0.1) is 0 Å². The topological polar surface area (TPSA) is 0 Å². The van der Waals surface area contributed by atoms with Gasteiger partial charge in [0.15, 0.2) is 0 Å². The van der Waals surface area contributed by atoms with Crippen LogP contribution in [0.25, 0.3) is 0 Å². The van der Waals surface area contributed by atoms with E-state index in [1.165, 1.54) is 10.6 Å². The van der Waals surface area contributed by atoms with Gasteiger partial charge in [0.05, 0.1) is 0 Å². The van der Waals surface area contributed by atoms with Crippen molar-refractivity contribution in [2.75, 3.05) is 0 Å². The molecular formula is C13H11Cl2MgP+2. The third-order valence-electron chi connectivity index (χ3n) is 2.26. The Morgan fingerprint density at radius 1 is 0.706 bits per heavy atom. The van der Waals surface area contributed by atoms with E-state index >= 15 is 0 Å². The van der Waals surface area contributed by atoms with Gasteiger partial charge in [0.2, 0.25) is 0 Å². The predicted octanol–water partition coefficient (Wildman–Crippen LogP) is 3.50. The molecule has 82 valence electrons. The van der Waals surface area contributed by atoms with Crippen LogP contribution in [0.3, 0.4) is 0 Å². The van der Waals surface area contributed by atoms with Gasteiger partial charge < -0.3 is 0 Å². The average Bonchev–Trinajstić information content (AvgIpc) is 2.31. The van der Waals surface area contributed by atoms with Crippen molar-refractivity contribution in [2.45, 2.75) is 4.58 Å². The molecule has 0 aliphatic carbocycles. The summed E-state index contributed by atoms with van der Waals surface area (Å²) in [6.07, 6.45) is 0. The van der Waals surface area contributed by atoms with Gasteiger partial charge in [-0.15, -0.1) is 0 Å². The zero-order valence-corrected chi connectivity index (χ0v) is 13.1. The molecule has 0 aliphatic rings. The summed E-state index contributed by atoms with van der Waals surface area (Å²) in [6, 6.07) is 20.4. The molecule has 2 aromatic carbocycles. The van der Waals surface area contributed by atoms with Gasteiger partial charge in [0.25, 0.3) is 0 Å². The second-order valence-electron chi connectivity index (χ2n) is 3.32. The Labute approximate surface area is 129 Å². The van der Waals surface area contributed by atoms with Crippen LogP contribution in [-0.2, 0) is 0 Å². The third kappa shape index (κ3) is 4.12. The summed E-state index contributed by atoms with van der Waals surface area (Å²) in [5.74, 6) is 0. The quantitative estimate of drug-likeness (QED) is 0.461. The maximum atomic E-state index is 6.11. The molecule has 0 N–H and O–H groups in total. The molecule has 0 fully saturated rings. The van der Waals surface area contributed by atoms with E-state index in [0.29, 0.717) is 0 Å². The maximum Gasteiger partial charge on any atom is 2.00 e. The van der Waals surface area contributed by atoms with Gasteiger partial charge >= 0.3 is 23.1 Å². The van der Waals surface area contributed by atoms with Crippen molar-refractivity contribution in [2.24, 2.45) is 0 Å². The molecule has 0 nitrogen and oxygen atoms in total. The van der Waals surface area contributed by atoms with Crippen molar-refractivity contribution >= 4 is 64.8 Å². The van der Waals surface area contributed by atoms with E-state index < -0.39 is 7.92 Å². The predicted molar refractivity (Wildman–Crippen MR) is 80.3 cm³/mol. The molecule has 0 saturated carbocycles. The first-order valence-electron chi connectivity index (χ1n) is 4.96. The molecule has 0 heterocycles. The van der Waals surface area contributed by atoms with Crippen molar-refractivity contribution in [3.63, 3.8) is 0 Å². The molecule has 0 aromatic heterocycles. The first-order chi connectivity index (χ1) is 7.79. The third-order valence-corrected chi connectivity index (χ3v) is 5.53. The monoisotopic (exact) mass is 292 g/mol. The number of hydrogen-bond acceptors (Lipinski definition) is 0. The molecule has 0 radical (unpaired) electrons. The average molecular weight is 293 g/mol. The molecule has 17 heavy (non-hydrogen) atoms. The van der Waals surface area contributed by atoms with E-state index in [1.54, 1.807) is 0 Å². The van der Waals surface area contributed by atoms with Gasteiger partial charge in [0, 0.05) is 0 Å². The second-order valence-corrected chi connectivity index (χ2v) is 7.31. The van der Waals surface area contributed by atoms with E-state index in [1.807, 2.05) is 36.4 Å². The van der Waals surface area contributed by atoms with Crippen LogP contribution in [0.2, 0.25) is 0 Å². The number of alkyl halides is 2. The Morgan fingerprint density at radius 3 is 1.35 bits per heavy atom. The van der Waals surface area contributed by atoms with Crippen molar-refractivity contribution in [3.8, 4) is 0 Å². The molecule has 4 heteroatoms. The van der Waals surface area contributed by atoms with Crippen LogP contribution in [-0.4, -0.2) is 27.6 Å². The van der Waals surface area contributed by atoms with Crippen LogP contribution < -0.4 is 10.6 Å². The first kappa shape index (κ1) is 15.3. The van der Waals surface area contributed by atoms with Crippen molar-refractivity contribution < 1.29 is 0 Å². The molecule has 0 saturated heterocycles. The minimum Gasteiger partial charge on any atom is -0.0995 e. The van der Waals surface area contributed by atoms with Crippen molar-refractivity contribution in [1.82, 2.24) is 0 Å². The Hall–Kier alpha value is 0.216. The first-order valence-corrected chi connectivity index (χ1v) is 7.25. The fourth-order valence-electron chi connectivity index (χ4n) is 1.55. The second kappa shape index (κ2) is 7.61. The van der Waals surface area contributed by atoms with Crippen molar-refractivity contribution in [3.05, 3.63) is 60.7 Å². The minimum atomic E-state index is -0.679. The zero-order chi connectivity index (χ0) is 11.4. The van der Waals surface area contributed by atoms with Crippen LogP contribution in [0.5, 0.6) is 0 Å². The van der Waals surface area contributed by atoms with E-state index in [9.17, 15) is 0 Å². The fourth-order valence-corrected chi connectivity index (χ4v) is 4.64.